The minimum atomic E-state index is -0.366. The van der Waals surface area contributed by atoms with Crippen LogP contribution in [0.2, 0.25) is 5.82 Å². The van der Waals surface area contributed by atoms with E-state index in [-0.39, 0.29) is 36.5 Å². The highest BCUT2D eigenvalue weighted by molar-refractivity contribution is 6.48. The maximum absolute atomic E-state index is 12.5. The molecule has 29 heavy (non-hydrogen) atoms. The number of hydrogen-bond acceptors (Lipinski definition) is 3. The molecule has 3 aliphatic carbocycles. The molecule has 1 unspecified atom stereocenters. The van der Waals surface area contributed by atoms with Crippen LogP contribution in [-0.2, 0) is 20.5 Å². The molecule has 1 heterocycles. The van der Waals surface area contributed by atoms with Gasteiger partial charge in [-0.1, -0.05) is 63.9 Å². The first-order valence-electron chi connectivity index (χ1n) is 11.4. The summed E-state index contributed by atoms with van der Waals surface area (Å²) in [6, 6.07) is 10.4. The summed E-state index contributed by atoms with van der Waals surface area (Å²) in [5.74, 6) is 0.726. The highest BCUT2D eigenvalue weighted by atomic mass is 16.7. The van der Waals surface area contributed by atoms with Crippen molar-refractivity contribution in [1.82, 2.24) is 0 Å². The third-order valence-electron chi connectivity index (χ3n) is 8.38. The van der Waals surface area contributed by atoms with E-state index in [0.29, 0.717) is 17.3 Å². The van der Waals surface area contributed by atoms with Crippen LogP contribution in [0.15, 0.2) is 30.3 Å². The van der Waals surface area contributed by atoms with Crippen LogP contribution in [0.1, 0.15) is 65.4 Å². The van der Waals surface area contributed by atoms with Crippen molar-refractivity contribution in [2.45, 2.75) is 83.7 Å². The number of carbonyl (C=O) groups excluding carboxylic acids is 1. The van der Waals surface area contributed by atoms with Crippen LogP contribution in [0.3, 0.4) is 0 Å². The summed E-state index contributed by atoms with van der Waals surface area (Å²) < 4.78 is 13.3. The van der Waals surface area contributed by atoms with Crippen molar-refractivity contribution in [1.29, 1.82) is 0 Å². The maximum Gasteiger partial charge on any atom is 0.462 e. The van der Waals surface area contributed by atoms with E-state index in [2.05, 4.69) is 39.8 Å². The summed E-state index contributed by atoms with van der Waals surface area (Å²) in [6.45, 7) is 9.14. The fourth-order valence-corrected chi connectivity index (χ4v) is 6.39. The van der Waals surface area contributed by atoms with Gasteiger partial charge in [-0.15, -0.1) is 0 Å². The van der Waals surface area contributed by atoms with Gasteiger partial charge in [-0.3, -0.25) is 4.79 Å². The van der Waals surface area contributed by atoms with Crippen LogP contribution in [0.25, 0.3) is 0 Å². The van der Waals surface area contributed by atoms with E-state index in [0.717, 1.165) is 32.1 Å². The van der Waals surface area contributed by atoms with Gasteiger partial charge in [0.1, 0.15) is 0 Å². The molecule has 2 N–H and O–H groups in total. The highest BCUT2D eigenvalue weighted by Gasteiger charge is 2.68. The monoisotopic (exact) mass is 397 g/mol. The highest BCUT2D eigenvalue weighted by Crippen LogP contribution is 2.66. The fourth-order valence-electron chi connectivity index (χ4n) is 6.39. The normalized spacial score (nSPS) is 34.2. The van der Waals surface area contributed by atoms with Crippen molar-refractivity contribution in [3.05, 3.63) is 35.9 Å². The Morgan fingerprint density at radius 1 is 1.24 bits per heavy atom. The van der Waals surface area contributed by atoms with Crippen molar-refractivity contribution in [2.24, 2.45) is 28.9 Å². The predicted octanol–water partition coefficient (Wildman–Crippen LogP) is 4.62. The zero-order chi connectivity index (χ0) is 20.8. The first kappa shape index (κ1) is 20.9. The first-order valence-corrected chi connectivity index (χ1v) is 11.4. The second kappa shape index (κ2) is 7.74. The second-order valence-electron chi connectivity index (χ2n) is 10.3. The van der Waals surface area contributed by atoms with Gasteiger partial charge < -0.3 is 15.0 Å². The number of nitrogens with two attached hydrogens (primary N) is 1. The molecule has 2 bridgehead atoms. The number of benzene rings is 1. The van der Waals surface area contributed by atoms with Crippen LogP contribution in [0.5, 0.6) is 0 Å². The molecular weight excluding hydrogens is 361 g/mol. The van der Waals surface area contributed by atoms with Gasteiger partial charge in [-0.2, -0.15) is 0 Å². The van der Waals surface area contributed by atoms with E-state index in [9.17, 15) is 4.79 Å². The molecule has 1 aromatic rings. The Hall–Kier alpha value is -1.33. The summed E-state index contributed by atoms with van der Waals surface area (Å²) in [7, 11) is -0.366. The van der Waals surface area contributed by atoms with Crippen molar-refractivity contribution < 1.29 is 14.1 Å². The number of unbranched alkanes of at least 4 members (excludes halogenated alkanes) is 1. The minimum Gasteiger partial charge on any atom is -0.405 e. The quantitative estimate of drug-likeness (QED) is 0.651. The number of hydrogen-bond donors (Lipinski definition) is 1. The van der Waals surface area contributed by atoms with Gasteiger partial charge in [0, 0.05) is 11.7 Å². The van der Waals surface area contributed by atoms with E-state index >= 15 is 0 Å². The summed E-state index contributed by atoms with van der Waals surface area (Å²) in [5.41, 5.74) is 7.16. The van der Waals surface area contributed by atoms with Crippen molar-refractivity contribution >= 4 is 13.0 Å². The van der Waals surface area contributed by atoms with E-state index in [1.807, 2.05) is 18.2 Å². The Bertz CT molecular complexity index is 739. The molecule has 0 aromatic heterocycles. The topological polar surface area (TPSA) is 61.6 Å². The molecule has 1 aromatic carbocycles. The van der Waals surface area contributed by atoms with Crippen LogP contribution in [-0.4, -0.2) is 24.7 Å². The van der Waals surface area contributed by atoms with E-state index in [1.165, 1.54) is 12.0 Å². The Kier molecular flexibility index (Phi) is 5.58. The average molecular weight is 397 g/mol. The summed E-state index contributed by atoms with van der Waals surface area (Å²) in [6.07, 6.45) is 6.01. The smallest absolute Gasteiger partial charge is 0.405 e. The fraction of sp³-hybridized carbons (Fsp3) is 0.708. The van der Waals surface area contributed by atoms with E-state index < -0.39 is 0 Å². The molecular formula is C24H36BNO3. The van der Waals surface area contributed by atoms with Gasteiger partial charge >= 0.3 is 7.12 Å². The Balaban J connectivity index is 1.60. The van der Waals surface area contributed by atoms with Crippen LogP contribution in [0.4, 0.5) is 0 Å². The summed E-state index contributed by atoms with van der Waals surface area (Å²) in [5, 5.41) is 0. The Labute approximate surface area is 176 Å². The average Bonchev–Trinajstić information content (AvgIpc) is 3.04. The van der Waals surface area contributed by atoms with Crippen LogP contribution in [0, 0.1) is 23.2 Å². The third kappa shape index (κ3) is 3.55. The zero-order valence-electron chi connectivity index (χ0n) is 18.4. The molecule has 0 spiro atoms. The predicted molar refractivity (Wildman–Crippen MR) is 116 cm³/mol. The van der Waals surface area contributed by atoms with Gasteiger partial charge in [-0.05, 0) is 55.4 Å². The van der Waals surface area contributed by atoms with Gasteiger partial charge in [0.05, 0.1) is 11.7 Å². The van der Waals surface area contributed by atoms with E-state index in [1.54, 1.807) is 0 Å². The van der Waals surface area contributed by atoms with Gasteiger partial charge in [0.25, 0.3) is 0 Å². The standard InChI is InChI=1S/C24H36BNO3/c1-5-6-12-18(22(26)27)19(13-16-10-8-7-9-11-16)25-28-21-15-17-14-20(23(17,2)3)24(21,4)29-25/h7-11,17-21H,5-6,12-15H2,1-4H3,(H2,26,27)/t17-,18?,19+,20-,21+,24-/m0/s1. The molecule has 6 atom stereocenters. The van der Waals surface area contributed by atoms with Gasteiger partial charge in [-0.25, -0.2) is 0 Å². The number of carbonyl (C=O) groups is 1. The molecule has 3 saturated carbocycles. The van der Waals surface area contributed by atoms with Crippen LogP contribution >= 0.6 is 0 Å². The van der Waals surface area contributed by atoms with E-state index in [4.69, 9.17) is 15.0 Å². The Morgan fingerprint density at radius 3 is 2.59 bits per heavy atom. The molecule has 0 radical (unpaired) electrons. The Morgan fingerprint density at radius 2 is 1.97 bits per heavy atom. The molecule has 4 nitrogen and oxygen atoms in total. The summed E-state index contributed by atoms with van der Waals surface area (Å²) >= 11 is 0. The summed E-state index contributed by atoms with van der Waals surface area (Å²) in [4.78, 5) is 12.5. The molecule has 4 fully saturated rings. The number of amides is 1. The van der Waals surface area contributed by atoms with Crippen molar-refractivity contribution in [2.75, 3.05) is 0 Å². The number of primary amides is 1. The van der Waals surface area contributed by atoms with Crippen molar-refractivity contribution in [3.63, 3.8) is 0 Å². The lowest BCUT2D eigenvalue weighted by molar-refractivity contribution is -0.199. The second-order valence-corrected chi connectivity index (χ2v) is 10.3. The maximum atomic E-state index is 12.5. The van der Waals surface area contributed by atoms with Gasteiger partial charge in [0.2, 0.25) is 5.91 Å². The first-order chi connectivity index (χ1) is 13.8. The lowest BCUT2D eigenvalue weighted by atomic mass is 9.43. The molecule has 5 rings (SSSR count). The SMILES string of the molecule is CCCCC(C(N)=O)[C@@H](Cc1ccccc1)B1O[C@@H]2C[C@@H]3C[C@@H](C3(C)C)[C@]2(C)O1. The third-order valence-corrected chi connectivity index (χ3v) is 8.38. The van der Waals surface area contributed by atoms with Crippen LogP contribution < -0.4 is 5.73 Å². The molecule has 1 amide bonds. The minimum absolute atomic E-state index is 0.0517. The zero-order valence-corrected chi connectivity index (χ0v) is 18.4. The number of rotatable bonds is 8. The van der Waals surface area contributed by atoms with Crippen molar-refractivity contribution in [3.8, 4) is 0 Å². The van der Waals surface area contributed by atoms with Gasteiger partial charge in [0.15, 0.2) is 0 Å². The lowest BCUT2D eigenvalue weighted by Crippen LogP contribution is -2.65. The molecule has 158 valence electrons. The molecule has 1 saturated heterocycles. The molecule has 5 heteroatoms. The molecule has 4 aliphatic rings. The molecule has 1 aliphatic heterocycles. The largest absolute Gasteiger partial charge is 0.462 e. The lowest BCUT2D eigenvalue weighted by Gasteiger charge is -2.64.